The van der Waals surface area contributed by atoms with Crippen LogP contribution in [0.2, 0.25) is 0 Å². The lowest BCUT2D eigenvalue weighted by atomic mass is 10.1. The molecule has 2 aliphatic rings. The van der Waals surface area contributed by atoms with Crippen molar-refractivity contribution in [1.82, 2.24) is 14.7 Å². The summed E-state index contributed by atoms with van der Waals surface area (Å²) in [5.41, 5.74) is 0. The first-order valence-electron chi connectivity index (χ1n) is 10.4. The molecule has 0 aromatic rings. The van der Waals surface area contributed by atoms with Crippen LogP contribution in [0.4, 0.5) is 0 Å². The van der Waals surface area contributed by atoms with Gasteiger partial charge < -0.3 is 24.5 Å². The van der Waals surface area contributed by atoms with Crippen LogP contribution in [-0.4, -0.2) is 95.3 Å². The molecule has 0 saturated carbocycles. The van der Waals surface area contributed by atoms with Crippen molar-refractivity contribution < 1.29 is 33.8 Å². The largest absolute Gasteiger partial charge is 0.480 e. The Morgan fingerprint density at radius 2 is 1.40 bits per heavy atom. The number of rotatable bonds is 9. The predicted molar refractivity (Wildman–Crippen MR) is 105 cm³/mol. The summed E-state index contributed by atoms with van der Waals surface area (Å²) in [6.45, 7) is 0.580. The van der Waals surface area contributed by atoms with E-state index in [1.165, 1.54) is 14.7 Å². The Kier molecular flexibility index (Phi) is 8.61. The highest BCUT2D eigenvalue weighted by molar-refractivity contribution is 5.87. The van der Waals surface area contributed by atoms with Gasteiger partial charge in [0.25, 0.3) is 5.91 Å². The number of nitrogens with zero attached hydrogens (tertiary/aromatic N) is 3. The Labute approximate surface area is 176 Å². The fraction of sp³-hybridized carbons (Fsp3) is 0.750. The Hall–Kier alpha value is -2.65. The third-order valence-electron chi connectivity index (χ3n) is 5.57. The van der Waals surface area contributed by atoms with Crippen molar-refractivity contribution in [3.05, 3.63) is 0 Å². The van der Waals surface area contributed by atoms with Gasteiger partial charge in [0.05, 0.1) is 0 Å². The lowest BCUT2D eigenvalue weighted by Gasteiger charge is -2.24. The van der Waals surface area contributed by atoms with Gasteiger partial charge in [0.15, 0.2) is 6.61 Å². The third kappa shape index (κ3) is 6.17. The summed E-state index contributed by atoms with van der Waals surface area (Å²) in [6.07, 6.45) is 3.73. The maximum Gasteiger partial charge on any atom is 0.329 e. The van der Waals surface area contributed by atoms with E-state index in [0.29, 0.717) is 51.6 Å². The van der Waals surface area contributed by atoms with Crippen LogP contribution in [0.1, 0.15) is 51.4 Å². The van der Waals surface area contributed by atoms with Crippen molar-refractivity contribution in [2.75, 3.05) is 33.8 Å². The lowest BCUT2D eigenvalue weighted by molar-refractivity contribution is -0.157. The highest BCUT2D eigenvalue weighted by Gasteiger charge is 2.36. The van der Waals surface area contributed by atoms with Crippen LogP contribution >= 0.6 is 0 Å². The first-order valence-corrected chi connectivity index (χ1v) is 10.4. The summed E-state index contributed by atoms with van der Waals surface area (Å²) in [5, 5.41) is 9.16. The summed E-state index contributed by atoms with van der Waals surface area (Å²) in [5.74, 6) is -2.24. The number of unbranched alkanes of at least 4 members (excludes halogenated alkanes) is 1. The Morgan fingerprint density at radius 3 is 1.90 bits per heavy atom. The van der Waals surface area contributed by atoms with Crippen molar-refractivity contribution in [3.63, 3.8) is 0 Å². The molecule has 2 atom stereocenters. The lowest BCUT2D eigenvalue weighted by Crippen LogP contribution is -2.42. The van der Waals surface area contributed by atoms with E-state index in [0.717, 1.165) is 0 Å². The van der Waals surface area contributed by atoms with Gasteiger partial charge in [-0.25, -0.2) is 9.59 Å². The number of likely N-dealkylation sites (N-methyl/N-ethyl adjacent to an activating group) is 1. The molecular formula is C20H31N3O7. The first-order chi connectivity index (χ1) is 14.2. The van der Waals surface area contributed by atoms with E-state index >= 15 is 0 Å². The van der Waals surface area contributed by atoms with E-state index in [1.54, 1.807) is 14.1 Å². The van der Waals surface area contributed by atoms with E-state index < -0.39 is 24.0 Å². The second kappa shape index (κ2) is 10.9. The topological polar surface area (TPSA) is 125 Å². The van der Waals surface area contributed by atoms with Gasteiger partial charge in [0.1, 0.15) is 12.1 Å². The van der Waals surface area contributed by atoms with E-state index in [4.69, 9.17) is 9.84 Å². The molecule has 2 fully saturated rings. The minimum atomic E-state index is -0.977. The molecule has 0 spiro atoms. The Balaban J connectivity index is 1.73. The molecule has 10 heteroatoms. The minimum absolute atomic E-state index is 0.176. The normalized spacial score (nSPS) is 20.9. The molecule has 3 amide bonds. The molecule has 10 nitrogen and oxygen atoms in total. The number of carbonyl (C=O) groups excluding carboxylic acids is 4. The van der Waals surface area contributed by atoms with Gasteiger partial charge >= 0.3 is 11.9 Å². The van der Waals surface area contributed by atoms with Crippen molar-refractivity contribution in [3.8, 4) is 0 Å². The summed E-state index contributed by atoms with van der Waals surface area (Å²) >= 11 is 0. The van der Waals surface area contributed by atoms with Crippen molar-refractivity contribution in [1.29, 1.82) is 0 Å². The molecule has 0 unspecified atom stereocenters. The van der Waals surface area contributed by atoms with Crippen LogP contribution in [0.5, 0.6) is 0 Å². The zero-order chi connectivity index (χ0) is 22.3. The monoisotopic (exact) mass is 425 g/mol. The molecule has 2 aliphatic heterocycles. The molecule has 0 bridgehead atoms. The molecule has 0 aromatic heterocycles. The average Bonchev–Trinajstić information content (AvgIpc) is 3.38. The zero-order valence-corrected chi connectivity index (χ0v) is 17.7. The number of hydrogen-bond donors (Lipinski definition) is 1. The first kappa shape index (κ1) is 23.6. The standard InChI is InChI=1S/C20H31N3O7/c1-21(2)18(26)13-30-20(29)15-8-6-12-23(15)17(25)10-4-3-9-16(24)22-11-5-7-14(22)19(27)28/h14-15H,3-13H2,1-2H3,(H,27,28)/t14-,15-/m1/s1. The van der Waals surface area contributed by atoms with E-state index in [1.807, 2.05) is 0 Å². The molecule has 30 heavy (non-hydrogen) atoms. The quantitative estimate of drug-likeness (QED) is 0.414. The van der Waals surface area contributed by atoms with Crippen LogP contribution in [0.3, 0.4) is 0 Å². The molecule has 0 aliphatic carbocycles. The number of hydrogen-bond acceptors (Lipinski definition) is 6. The van der Waals surface area contributed by atoms with Crippen molar-refractivity contribution >= 4 is 29.7 Å². The van der Waals surface area contributed by atoms with E-state index in [2.05, 4.69) is 0 Å². The van der Waals surface area contributed by atoms with Gasteiger partial charge in [-0.15, -0.1) is 0 Å². The fourth-order valence-corrected chi connectivity index (χ4v) is 3.83. The number of carbonyl (C=O) groups is 5. The average molecular weight is 425 g/mol. The molecule has 168 valence electrons. The van der Waals surface area contributed by atoms with E-state index in [-0.39, 0.29) is 37.2 Å². The molecular weight excluding hydrogens is 394 g/mol. The van der Waals surface area contributed by atoms with Gasteiger partial charge in [0, 0.05) is 40.0 Å². The minimum Gasteiger partial charge on any atom is -0.480 e. The predicted octanol–water partition coefficient (Wildman–Crippen LogP) is 0.245. The van der Waals surface area contributed by atoms with Crippen LogP contribution in [0.15, 0.2) is 0 Å². The van der Waals surface area contributed by atoms with Gasteiger partial charge in [-0.05, 0) is 38.5 Å². The van der Waals surface area contributed by atoms with Crippen molar-refractivity contribution in [2.45, 2.75) is 63.5 Å². The maximum absolute atomic E-state index is 12.5. The number of carboxylic acid groups (broad SMARTS) is 1. The molecule has 2 heterocycles. The second-order valence-corrected chi connectivity index (χ2v) is 7.93. The highest BCUT2D eigenvalue weighted by Crippen LogP contribution is 2.22. The highest BCUT2D eigenvalue weighted by atomic mass is 16.5. The smallest absolute Gasteiger partial charge is 0.329 e. The van der Waals surface area contributed by atoms with Gasteiger partial charge in [-0.3, -0.25) is 14.4 Å². The second-order valence-electron chi connectivity index (χ2n) is 7.93. The number of ether oxygens (including phenoxy) is 1. The zero-order valence-electron chi connectivity index (χ0n) is 17.7. The van der Waals surface area contributed by atoms with Crippen LogP contribution in [-0.2, 0) is 28.7 Å². The summed E-state index contributed by atoms with van der Waals surface area (Å²) in [7, 11) is 3.13. The molecule has 1 N–H and O–H groups in total. The fourth-order valence-electron chi connectivity index (χ4n) is 3.83. The van der Waals surface area contributed by atoms with Crippen LogP contribution in [0, 0.1) is 0 Å². The van der Waals surface area contributed by atoms with Crippen LogP contribution in [0.25, 0.3) is 0 Å². The van der Waals surface area contributed by atoms with Crippen LogP contribution < -0.4 is 0 Å². The van der Waals surface area contributed by atoms with E-state index in [9.17, 15) is 24.0 Å². The molecule has 2 rings (SSSR count). The molecule has 0 aromatic carbocycles. The van der Waals surface area contributed by atoms with Gasteiger partial charge in [-0.1, -0.05) is 0 Å². The number of esters is 1. The number of carboxylic acids is 1. The SMILES string of the molecule is CN(C)C(=O)COC(=O)[C@H]1CCCN1C(=O)CCCCC(=O)N1CCC[C@@H]1C(=O)O. The maximum atomic E-state index is 12.5. The summed E-state index contributed by atoms with van der Waals surface area (Å²) < 4.78 is 5.05. The molecule has 2 saturated heterocycles. The number of likely N-dealkylation sites (tertiary alicyclic amines) is 2. The number of amides is 3. The number of aliphatic carboxylic acids is 1. The molecule has 0 radical (unpaired) electrons. The van der Waals surface area contributed by atoms with Gasteiger partial charge in [-0.2, -0.15) is 0 Å². The van der Waals surface area contributed by atoms with Crippen molar-refractivity contribution in [2.24, 2.45) is 0 Å². The third-order valence-corrected chi connectivity index (χ3v) is 5.57. The Bertz CT molecular complexity index is 679. The Morgan fingerprint density at radius 1 is 0.900 bits per heavy atom. The van der Waals surface area contributed by atoms with Gasteiger partial charge in [0.2, 0.25) is 11.8 Å². The summed E-state index contributed by atoms with van der Waals surface area (Å²) in [6, 6.07) is -1.41. The summed E-state index contributed by atoms with van der Waals surface area (Å²) in [4.78, 5) is 64.0.